The van der Waals surface area contributed by atoms with Gasteiger partial charge in [0.25, 0.3) is 0 Å². The summed E-state index contributed by atoms with van der Waals surface area (Å²) in [5.74, 6) is 0. The second-order valence-electron chi connectivity index (χ2n) is 2.98. The van der Waals surface area contributed by atoms with Crippen LogP contribution in [0, 0.1) is 0 Å². The summed E-state index contributed by atoms with van der Waals surface area (Å²) < 4.78 is 37.2. The molecule has 0 spiro atoms. The number of hydrazine groups is 1. The molecule has 1 aliphatic heterocycles. The predicted molar refractivity (Wildman–Crippen MR) is 43.9 cm³/mol. The molecule has 0 aromatic rings. The third-order valence-corrected chi connectivity index (χ3v) is 2.71. The van der Waals surface area contributed by atoms with Crippen molar-refractivity contribution >= 4 is 11.6 Å². The minimum Gasteiger partial charge on any atom is -0.298 e. The standard InChI is InChI=1S/C7H10ClF3N2/c1-4-5(7(9,10)11)6(8)13(3)12(4)2/h4H,1-3H3. The third kappa shape index (κ3) is 1.62. The first-order chi connectivity index (χ1) is 5.76. The molecule has 1 unspecified atom stereocenters. The van der Waals surface area contributed by atoms with Crippen LogP contribution in [0.2, 0.25) is 0 Å². The first-order valence-corrected chi connectivity index (χ1v) is 4.08. The molecule has 0 saturated heterocycles. The Morgan fingerprint density at radius 2 is 1.77 bits per heavy atom. The van der Waals surface area contributed by atoms with Crippen molar-refractivity contribution in [3.8, 4) is 0 Å². The molecule has 2 nitrogen and oxygen atoms in total. The molecular weight excluding hydrogens is 205 g/mol. The van der Waals surface area contributed by atoms with Crippen LogP contribution in [0.1, 0.15) is 6.92 Å². The number of likely N-dealkylation sites (N-methyl/N-ethyl adjacent to an activating group) is 1. The topological polar surface area (TPSA) is 6.48 Å². The van der Waals surface area contributed by atoms with E-state index in [4.69, 9.17) is 11.6 Å². The van der Waals surface area contributed by atoms with E-state index in [9.17, 15) is 13.2 Å². The molecule has 1 atom stereocenters. The smallest absolute Gasteiger partial charge is 0.298 e. The van der Waals surface area contributed by atoms with Crippen molar-refractivity contribution in [1.82, 2.24) is 10.0 Å². The Morgan fingerprint density at radius 1 is 1.31 bits per heavy atom. The molecule has 13 heavy (non-hydrogen) atoms. The average molecular weight is 215 g/mol. The van der Waals surface area contributed by atoms with Gasteiger partial charge in [-0.1, -0.05) is 11.6 Å². The van der Waals surface area contributed by atoms with E-state index < -0.39 is 17.8 Å². The van der Waals surface area contributed by atoms with Crippen LogP contribution in [0.4, 0.5) is 13.2 Å². The van der Waals surface area contributed by atoms with E-state index in [1.807, 2.05) is 0 Å². The summed E-state index contributed by atoms with van der Waals surface area (Å²) in [5, 5.41) is 2.47. The van der Waals surface area contributed by atoms with Gasteiger partial charge in [0.15, 0.2) is 0 Å². The predicted octanol–water partition coefficient (Wildman–Crippen LogP) is 2.18. The highest BCUT2D eigenvalue weighted by atomic mass is 35.5. The summed E-state index contributed by atoms with van der Waals surface area (Å²) in [4.78, 5) is 0. The number of hydrogen-bond acceptors (Lipinski definition) is 2. The van der Waals surface area contributed by atoms with Crippen LogP contribution in [0.15, 0.2) is 10.7 Å². The maximum atomic E-state index is 12.4. The Kier molecular flexibility index (Phi) is 2.51. The number of alkyl halides is 3. The molecule has 1 heterocycles. The molecule has 0 aliphatic carbocycles. The molecule has 0 fully saturated rings. The highest BCUT2D eigenvalue weighted by Gasteiger charge is 2.46. The second kappa shape index (κ2) is 3.06. The number of hydrogen-bond donors (Lipinski definition) is 0. The van der Waals surface area contributed by atoms with Crippen LogP contribution in [-0.2, 0) is 0 Å². The van der Waals surface area contributed by atoms with Crippen molar-refractivity contribution in [2.24, 2.45) is 0 Å². The van der Waals surface area contributed by atoms with Crippen molar-refractivity contribution in [1.29, 1.82) is 0 Å². The van der Waals surface area contributed by atoms with Gasteiger partial charge in [-0.3, -0.25) is 5.01 Å². The van der Waals surface area contributed by atoms with Gasteiger partial charge in [0, 0.05) is 14.1 Å². The normalized spacial score (nSPS) is 26.1. The molecule has 0 amide bonds. The van der Waals surface area contributed by atoms with Crippen LogP contribution in [0.5, 0.6) is 0 Å². The summed E-state index contributed by atoms with van der Waals surface area (Å²) in [6.45, 7) is 1.47. The molecule has 0 bridgehead atoms. The molecule has 6 heteroatoms. The Bertz CT molecular complexity index is 249. The summed E-state index contributed by atoms with van der Waals surface area (Å²) in [7, 11) is 3.06. The molecule has 0 saturated carbocycles. The Balaban J connectivity index is 3.08. The molecule has 0 aromatic carbocycles. The summed E-state index contributed by atoms with van der Waals surface area (Å²) >= 11 is 5.55. The first kappa shape index (κ1) is 10.7. The van der Waals surface area contributed by atoms with Gasteiger partial charge < -0.3 is 0 Å². The number of rotatable bonds is 0. The van der Waals surface area contributed by atoms with Crippen molar-refractivity contribution in [2.45, 2.75) is 19.1 Å². The van der Waals surface area contributed by atoms with E-state index in [2.05, 4.69) is 0 Å². The van der Waals surface area contributed by atoms with Gasteiger partial charge in [-0.05, 0) is 6.92 Å². The van der Waals surface area contributed by atoms with Crippen LogP contribution in [0.3, 0.4) is 0 Å². The third-order valence-electron chi connectivity index (χ3n) is 2.26. The highest BCUT2D eigenvalue weighted by Crippen LogP contribution is 2.39. The van der Waals surface area contributed by atoms with Gasteiger partial charge >= 0.3 is 6.18 Å². The Labute approximate surface area is 79.5 Å². The van der Waals surface area contributed by atoms with E-state index >= 15 is 0 Å². The summed E-state index contributed by atoms with van der Waals surface area (Å²) in [5.41, 5.74) is -0.681. The van der Waals surface area contributed by atoms with E-state index in [1.165, 1.54) is 24.0 Å². The zero-order chi connectivity index (χ0) is 10.4. The fourth-order valence-electron chi connectivity index (χ4n) is 1.29. The van der Waals surface area contributed by atoms with Gasteiger partial charge in [0.1, 0.15) is 5.16 Å². The number of nitrogens with zero attached hydrogens (tertiary/aromatic N) is 2. The van der Waals surface area contributed by atoms with E-state index in [1.54, 1.807) is 7.05 Å². The summed E-state index contributed by atoms with van der Waals surface area (Å²) in [6, 6.07) is -0.725. The minimum absolute atomic E-state index is 0.248. The number of halogens is 4. The maximum Gasteiger partial charge on any atom is 0.417 e. The SMILES string of the molecule is CC1C(C(F)(F)F)=C(Cl)N(C)N1C. The van der Waals surface area contributed by atoms with Gasteiger partial charge in [-0.15, -0.1) is 0 Å². The largest absolute Gasteiger partial charge is 0.417 e. The molecule has 0 aromatic heterocycles. The molecular formula is C7H10ClF3N2. The van der Waals surface area contributed by atoms with Gasteiger partial charge in [0.2, 0.25) is 0 Å². The van der Waals surface area contributed by atoms with Crippen molar-refractivity contribution in [3.63, 3.8) is 0 Å². The van der Waals surface area contributed by atoms with Crippen LogP contribution in [0.25, 0.3) is 0 Å². The lowest BCUT2D eigenvalue weighted by Gasteiger charge is -2.25. The van der Waals surface area contributed by atoms with Crippen molar-refractivity contribution in [3.05, 3.63) is 10.7 Å². The monoisotopic (exact) mass is 214 g/mol. The zero-order valence-electron chi connectivity index (χ0n) is 7.48. The fourth-order valence-corrected chi connectivity index (χ4v) is 1.67. The maximum absolute atomic E-state index is 12.4. The van der Waals surface area contributed by atoms with E-state index in [-0.39, 0.29) is 5.16 Å². The Hall–Kier alpha value is -0.420. The average Bonchev–Trinajstić information content (AvgIpc) is 2.14. The first-order valence-electron chi connectivity index (χ1n) is 3.70. The minimum atomic E-state index is -4.35. The lowest BCUT2D eigenvalue weighted by molar-refractivity contribution is -0.0984. The van der Waals surface area contributed by atoms with Crippen LogP contribution < -0.4 is 0 Å². The lowest BCUT2D eigenvalue weighted by atomic mass is 10.1. The molecule has 0 N–H and O–H groups in total. The second-order valence-corrected chi connectivity index (χ2v) is 3.33. The lowest BCUT2D eigenvalue weighted by Crippen LogP contribution is -2.36. The quantitative estimate of drug-likeness (QED) is 0.571. The van der Waals surface area contributed by atoms with Crippen LogP contribution in [-0.4, -0.2) is 36.3 Å². The summed E-state index contributed by atoms with van der Waals surface area (Å²) in [6.07, 6.45) is -4.35. The van der Waals surface area contributed by atoms with Crippen molar-refractivity contribution in [2.75, 3.05) is 14.1 Å². The van der Waals surface area contributed by atoms with Crippen LogP contribution >= 0.6 is 11.6 Å². The van der Waals surface area contributed by atoms with Crippen molar-refractivity contribution < 1.29 is 13.2 Å². The molecule has 0 radical (unpaired) electrons. The highest BCUT2D eigenvalue weighted by molar-refractivity contribution is 6.29. The molecule has 1 aliphatic rings. The van der Waals surface area contributed by atoms with E-state index in [0.29, 0.717) is 0 Å². The van der Waals surface area contributed by atoms with Gasteiger partial charge in [-0.2, -0.15) is 13.2 Å². The van der Waals surface area contributed by atoms with E-state index in [0.717, 1.165) is 0 Å². The Morgan fingerprint density at radius 3 is 1.92 bits per heavy atom. The zero-order valence-corrected chi connectivity index (χ0v) is 8.24. The van der Waals surface area contributed by atoms with Gasteiger partial charge in [0.05, 0.1) is 11.6 Å². The molecule has 1 rings (SSSR count). The van der Waals surface area contributed by atoms with Gasteiger partial charge in [-0.25, -0.2) is 5.01 Å². The molecule has 76 valence electrons. The fraction of sp³-hybridized carbons (Fsp3) is 0.714.